The van der Waals surface area contributed by atoms with E-state index in [-0.39, 0.29) is 6.42 Å². The summed E-state index contributed by atoms with van der Waals surface area (Å²) in [4.78, 5) is 26.1. The number of ether oxygens (including phenoxy) is 2. The molecule has 0 radical (unpaired) electrons. The summed E-state index contributed by atoms with van der Waals surface area (Å²) in [6.45, 7) is 2.35. The van der Waals surface area contributed by atoms with Crippen LogP contribution < -0.4 is 5.32 Å². The summed E-state index contributed by atoms with van der Waals surface area (Å²) in [5.74, 6) is -0.818. The van der Waals surface area contributed by atoms with Gasteiger partial charge in [0.1, 0.15) is 5.82 Å². The Kier molecular flexibility index (Phi) is 6.45. The fourth-order valence-corrected chi connectivity index (χ4v) is 1.49. The van der Waals surface area contributed by atoms with E-state index in [1.54, 1.807) is 19.1 Å². The summed E-state index contributed by atoms with van der Waals surface area (Å²) < 4.78 is 9.87. The fourth-order valence-electron chi connectivity index (χ4n) is 1.49. The first kappa shape index (κ1) is 15.9. The zero-order valence-electron chi connectivity index (χ0n) is 11.5. The van der Waals surface area contributed by atoms with Gasteiger partial charge in [0, 0.05) is 19.9 Å². The smallest absolute Gasteiger partial charge is 0.339 e. The molecule has 0 aliphatic carbocycles. The number of hydrogen-bond donors (Lipinski definition) is 2. The van der Waals surface area contributed by atoms with Gasteiger partial charge >= 0.3 is 11.9 Å². The van der Waals surface area contributed by atoms with Gasteiger partial charge < -0.3 is 19.9 Å². The summed E-state index contributed by atoms with van der Waals surface area (Å²) in [7, 11) is 1.45. The van der Waals surface area contributed by atoms with E-state index in [9.17, 15) is 9.59 Å². The van der Waals surface area contributed by atoms with Gasteiger partial charge in [0.25, 0.3) is 0 Å². The molecule has 0 saturated heterocycles. The Balaban J connectivity index is 2.52. The lowest BCUT2D eigenvalue weighted by Crippen LogP contribution is -2.25. The maximum atomic E-state index is 11.4. The van der Waals surface area contributed by atoms with Crippen molar-refractivity contribution in [3.05, 3.63) is 23.9 Å². The molecule has 7 heteroatoms. The first-order valence-corrected chi connectivity index (χ1v) is 6.18. The quantitative estimate of drug-likeness (QED) is 0.690. The van der Waals surface area contributed by atoms with E-state index in [1.165, 1.54) is 13.3 Å². The molecule has 0 saturated carbocycles. The SMILES string of the molecule is CCOC(=O)c1ccc(NCC(CC(=O)O)OC)nc1. The molecule has 1 aromatic rings. The maximum absolute atomic E-state index is 11.4. The van der Waals surface area contributed by atoms with Crippen molar-refractivity contribution in [2.24, 2.45) is 0 Å². The molecule has 110 valence electrons. The van der Waals surface area contributed by atoms with E-state index in [0.717, 1.165) is 0 Å². The van der Waals surface area contributed by atoms with Gasteiger partial charge in [-0.15, -0.1) is 0 Å². The average molecular weight is 282 g/mol. The molecule has 0 bridgehead atoms. The van der Waals surface area contributed by atoms with Gasteiger partial charge in [0.15, 0.2) is 0 Å². The zero-order chi connectivity index (χ0) is 15.0. The lowest BCUT2D eigenvalue weighted by atomic mass is 10.2. The zero-order valence-corrected chi connectivity index (χ0v) is 11.5. The number of carboxylic acids is 1. The van der Waals surface area contributed by atoms with Gasteiger partial charge in [-0.1, -0.05) is 0 Å². The number of aliphatic carboxylic acids is 1. The van der Waals surface area contributed by atoms with Gasteiger partial charge in [0.2, 0.25) is 0 Å². The number of carbonyl (C=O) groups excluding carboxylic acids is 1. The normalized spacial score (nSPS) is 11.7. The Morgan fingerprint density at radius 2 is 2.20 bits per heavy atom. The van der Waals surface area contributed by atoms with Crippen LogP contribution in [0.5, 0.6) is 0 Å². The predicted molar refractivity (Wildman–Crippen MR) is 71.7 cm³/mol. The number of pyridine rings is 1. The van der Waals surface area contributed by atoms with E-state index < -0.39 is 18.0 Å². The van der Waals surface area contributed by atoms with Crippen molar-refractivity contribution in [1.82, 2.24) is 4.98 Å². The number of esters is 1. The van der Waals surface area contributed by atoms with Gasteiger partial charge in [-0.25, -0.2) is 9.78 Å². The minimum atomic E-state index is -0.927. The van der Waals surface area contributed by atoms with Gasteiger partial charge in [-0.3, -0.25) is 4.79 Å². The lowest BCUT2D eigenvalue weighted by Gasteiger charge is -2.14. The summed E-state index contributed by atoms with van der Waals surface area (Å²) in [5, 5.41) is 11.6. The number of rotatable bonds is 8. The lowest BCUT2D eigenvalue weighted by molar-refractivity contribution is -0.139. The van der Waals surface area contributed by atoms with Crippen LogP contribution in [0.4, 0.5) is 5.82 Å². The Labute approximate surface area is 116 Å². The second-order valence-corrected chi connectivity index (χ2v) is 3.99. The molecule has 0 aliphatic rings. The van der Waals surface area contributed by atoms with E-state index in [0.29, 0.717) is 24.5 Å². The highest BCUT2D eigenvalue weighted by molar-refractivity contribution is 5.89. The monoisotopic (exact) mass is 282 g/mol. The van der Waals surface area contributed by atoms with E-state index in [2.05, 4.69) is 10.3 Å². The summed E-state index contributed by atoms with van der Waals surface area (Å²) in [6.07, 6.45) is 0.864. The Morgan fingerprint density at radius 3 is 2.70 bits per heavy atom. The summed E-state index contributed by atoms with van der Waals surface area (Å²) in [6, 6.07) is 3.21. The summed E-state index contributed by atoms with van der Waals surface area (Å²) in [5.41, 5.74) is 0.367. The summed E-state index contributed by atoms with van der Waals surface area (Å²) >= 11 is 0. The van der Waals surface area contributed by atoms with E-state index in [1.807, 2.05) is 0 Å². The van der Waals surface area contributed by atoms with E-state index in [4.69, 9.17) is 14.6 Å². The Bertz CT molecular complexity index is 447. The number of nitrogens with one attached hydrogen (secondary N) is 1. The van der Waals surface area contributed by atoms with Gasteiger partial charge in [-0.2, -0.15) is 0 Å². The molecule has 0 spiro atoms. The standard InChI is InChI=1S/C13H18N2O5/c1-3-20-13(18)9-4-5-11(14-7-9)15-8-10(19-2)6-12(16)17/h4-5,7,10H,3,6,8H2,1-2H3,(H,14,15)(H,16,17). The van der Waals surface area contributed by atoms with Crippen LogP contribution in [0.15, 0.2) is 18.3 Å². The van der Waals surface area contributed by atoms with Crippen LogP contribution in [0.1, 0.15) is 23.7 Å². The molecule has 1 aromatic heterocycles. The van der Waals surface area contributed by atoms with Crippen molar-refractivity contribution in [1.29, 1.82) is 0 Å². The topological polar surface area (TPSA) is 97.8 Å². The van der Waals surface area contributed by atoms with Crippen molar-refractivity contribution in [3.8, 4) is 0 Å². The molecule has 7 nitrogen and oxygen atoms in total. The van der Waals surface area contributed by atoms with Crippen molar-refractivity contribution in [2.45, 2.75) is 19.4 Å². The van der Waals surface area contributed by atoms with Gasteiger partial charge in [-0.05, 0) is 19.1 Å². The van der Waals surface area contributed by atoms with Crippen molar-refractivity contribution in [2.75, 3.05) is 25.6 Å². The molecular formula is C13H18N2O5. The highest BCUT2D eigenvalue weighted by atomic mass is 16.5. The number of carboxylic acid groups (broad SMARTS) is 1. The highest BCUT2D eigenvalue weighted by Crippen LogP contribution is 2.07. The van der Waals surface area contributed by atoms with Crippen molar-refractivity contribution >= 4 is 17.8 Å². The molecule has 0 amide bonds. The first-order valence-electron chi connectivity index (χ1n) is 6.18. The minimum absolute atomic E-state index is 0.0928. The minimum Gasteiger partial charge on any atom is -0.481 e. The third-order valence-electron chi connectivity index (χ3n) is 2.52. The van der Waals surface area contributed by atoms with Crippen LogP contribution in [0.3, 0.4) is 0 Å². The molecule has 1 rings (SSSR count). The third-order valence-corrected chi connectivity index (χ3v) is 2.52. The van der Waals surface area contributed by atoms with Gasteiger partial charge in [0.05, 0.1) is 24.7 Å². The number of carbonyl (C=O) groups is 2. The highest BCUT2D eigenvalue weighted by Gasteiger charge is 2.12. The second-order valence-electron chi connectivity index (χ2n) is 3.99. The average Bonchev–Trinajstić information content (AvgIpc) is 2.44. The van der Waals surface area contributed by atoms with Crippen LogP contribution in [0.25, 0.3) is 0 Å². The van der Waals surface area contributed by atoms with Crippen molar-refractivity contribution < 1.29 is 24.2 Å². The predicted octanol–water partition coefficient (Wildman–Crippen LogP) is 1.16. The molecule has 1 heterocycles. The number of hydrogen-bond acceptors (Lipinski definition) is 6. The first-order chi connectivity index (χ1) is 9.56. The molecule has 2 N–H and O–H groups in total. The molecule has 0 aliphatic heterocycles. The maximum Gasteiger partial charge on any atom is 0.339 e. The van der Waals surface area contributed by atoms with Crippen LogP contribution in [-0.4, -0.2) is 48.4 Å². The van der Waals surface area contributed by atoms with E-state index >= 15 is 0 Å². The molecule has 1 atom stereocenters. The molecule has 20 heavy (non-hydrogen) atoms. The fraction of sp³-hybridized carbons (Fsp3) is 0.462. The van der Waals surface area contributed by atoms with Crippen molar-refractivity contribution in [3.63, 3.8) is 0 Å². The molecule has 1 unspecified atom stereocenters. The Hall–Kier alpha value is -2.15. The van der Waals surface area contributed by atoms with Crippen LogP contribution in [0, 0.1) is 0 Å². The molecule has 0 fully saturated rings. The second kappa shape index (κ2) is 8.11. The number of aromatic nitrogens is 1. The van der Waals surface area contributed by atoms with Crippen LogP contribution in [0.2, 0.25) is 0 Å². The Morgan fingerprint density at radius 1 is 1.45 bits per heavy atom. The molecule has 0 aromatic carbocycles. The number of anilines is 1. The van der Waals surface area contributed by atoms with Crippen LogP contribution >= 0.6 is 0 Å². The number of nitrogens with zero attached hydrogens (tertiary/aromatic N) is 1. The largest absolute Gasteiger partial charge is 0.481 e. The van der Waals surface area contributed by atoms with Crippen LogP contribution in [-0.2, 0) is 14.3 Å². The number of methoxy groups -OCH3 is 1. The third kappa shape index (κ3) is 5.23. The molecular weight excluding hydrogens is 264 g/mol.